The van der Waals surface area contributed by atoms with E-state index in [2.05, 4.69) is 11.6 Å². The molecule has 0 saturated heterocycles. The molecule has 0 N–H and O–H groups in total. The fourth-order valence-corrected chi connectivity index (χ4v) is 0.769. The molecule has 0 unspecified atom stereocenters. The summed E-state index contributed by atoms with van der Waals surface area (Å²) in [6.07, 6.45) is 3.03. The van der Waals surface area contributed by atoms with Crippen molar-refractivity contribution < 1.29 is 4.39 Å². The van der Waals surface area contributed by atoms with E-state index in [0.29, 0.717) is 5.70 Å². The van der Waals surface area contributed by atoms with Crippen molar-refractivity contribution in [1.82, 2.24) is 0 Å². The van der Waals surface area contributed by atoms with Crippen LogP contribution in [-0.4, -0.2) is 6.21 Å². The Labute approximate surface area is 67.3 Å². The highest BCUT2D eigenvalue weighted by molar-refractivity contribution is 5.71. The monoisotopic (exact) mass is 155 g/mol. The Morgan fingerprint density at radius 3 is 2.36 bits per heavy atom. The van der Waals surface area contributed by atoms with Gasteiger partial charge in [0.05, 0.1) is 5.70 Å². The van der Waals surface area contributed by atoms with Gasteiger partial charge in [-0.25, -0.2) is 4.39 Å². The van der Waals surface area contributed by atoms with Gasteiger partial charge in [-0.2, -0.15) is 0 Å². The first-order valence-electron chi connectivity index (χ1n) is 3.61. The van der Waals surface area contributed by atoms with Crippen molar-refractivity contribution in [1.29, 1.82) is 0 Å². The van der Waals surface area contributed by atoms with Crippen LogP contribution in [-0.2, 0) is 0 Å². The molecular formula is C9H14FN. The van der Waals surface area contributed by atoms with Crippen molar-refractivity contribution in [2.45, 2.75) is 20.8 Å². The summed E-state index contributed by atoms with van der Waals surface area (Å²) in [4.78, 5) is 3.90. The Morgan fingerprint density at radius 2 is 2.09 bits per heavy atom. The highest BCUT2D eigenvalue weighted by atomic mass is 19.1. The van der Waals surface area contributed by atoms with Crippen LogP contribution in [0.2, 0.25) is 0 Å². The molecule has 0 bridgehead atoms. The zero-order valence-corrected chi connectivity index (χ0v) is 7.26. The molecule has 0 fully saturated rings. The second-order valence-corrected chi connectivity index (χ2v) is 2.59. The lowest BCUT2D eigenvalue weighted by molar-refractivity contribution is 0.592. The van der Waals surface area contributed by atoms with E-state index in [-0.39, 0.29) is 11.7 Å². The number of aliphatic imine (C=N–C) groups is 1. The zero-order chi connectivity index (χ0) is 8.85. The third kappa shape index (κ3) is 3.71. The topological polar surface area (TPSA) is 12.4 Å². The van der Waals surface area contributed by atoms with Gasteiger partial charge in [0.2, 0.25) is 0 Å². The quantitative estimate of drug-likeness (QED) is 0.555. The molecule has 2 heteroatoms. The summed E-state index contributed by atoms with van der Waals surface area (Å²) in [5, 5.41) is 0. The maximum Gasteiger partial charge on any atom is 0.118 e. The maximum atomic E-state index is 12.7. The van der Waals surface area contributed by atoms with E-state index in [0.717, 1.165) is 0 Å². The summed E-state index contributed by atoms with van der Waals surface area (Å²) in [6.45, 7) is 8.67. The van der Waals surface area contributed by atoms with E-state index >= 15 is 0 Å². The molecule has 0 aliphatic carbocycles. The molecule has 0 radical (unpaired) electrons. The average molecular weight is 155 g/mol. The van der Waals surface area contributed by atoms with Crippen LogP contribution in [0.15, 0.2) is 29.2 Å². The summed E-state index contributed by atoms with van der Waals surface area (Å²) >= 11 is 0. The first-order chi connectivity index (χ1) is 5.09. The molecular weight excluding hydrogens is 141 g/mol. The molecule has 0 aromatic rings. The molecule has 0 spiro atoms. The highest BCUT2D eigenvalue weighted by Gasteiger charge is 2.04. The molecule has 1 nitrogen and oxygen atoms in total. The molecule has 0 aromatic carbocycles. The van der Waals surface area contributed by atoms with Gasteiger partial charge in [-0.1, -0.05) is 26.5 Å². The lowest BCUT2D eigenvalue weighted by atomic mass is 10.1. The third-order valence-corrected chi connectivity index (χ3v) is 1.22. The van der Waals surface area contributed by atoms with Crippen LogP contribution in [0.4, 0.5) is 4.39 Å². The number of allylic oxidation sites excluding steroid dienone is 3. The van der Waals surface area contributed by atoms with Gasteiger partial charge >= 0.3 is 0 Å². The van der Waals surface area contributed by atoms with Crippen LogP contribution in [0.1, 0.15) is 20.8 Å². The Hall–Kier alpha value is -0.920. The molecule has 0 atom stereocenters. The van der Waals surface area contributed by atoms with Gasteiger partial charge in [0.25, 0.3) is 0 Å². The predicted molar refractivity (Wildman–Crippen MR) is 47.3 cm³/mol. The van der Waals surface area contributed by atoms with Gasteiger partial charge in [0.1, 0.15) is 5.83 Å². The normalized spacial score (nSPS) is 13.9. The van der Waals surface area contributed by atoms with Crippen LogP contribution < -0.4 is 0 Å². The van der Waals surface area contributed by atoms with Crippen LogP contribution in [0.3, 0.4) is 0 Å². The molecule has 0 amide bonds. The first-order valence-corrected chi connectivity index (χ1v) is 3.61. The number of hydrogen-bond acceptors (Lipinski definition) is 1. The summed E-state index contributed by atoms with van der Waals surface area (Å²) in [5.74, 6) is -0.103. The minimum Gasteiger partial charge on any atom is -0.258 e. The summed E-state index contributed by atoms with van der Waals surface area (Å²) in [6, 6.07) is 0. The minimum atomic E-state index is -0.224. The zero-order valence-electron chi connectivity index (χ0n) is 7.26. The lowest BCUT2D eigenvalue weighted by Crippen LogP contribution is -1.92. The van der Waals surface area contributed by atoms with Gasteiger partial charge < -0.3 is 0 Å². The summed E-state index contributed by atoms with van der Waals surface area (Å²) in [5.41, 5.74) is 0.491. The molecule has 62 valence electrons. The fourth-order valence-electron chi connectivity index (χ4n) is 0.769. The Morgan fingerprint density at radius 1 is 1.55 bits per heavy atom. The molecule has 0 heterocycles. The second-order valence-electron chi connectivity index (χ2n) is 2.59. The van der Waals surface area contributed by atoms with Crippen molar-refractivity contribution in [3.63, 3.8) is 0 Å². The SMILES string of the molecule is C=CC=NC(=C(C)F)C(C)C. The van der Waals surface area contributed by atoms with Crippen LogP contribution in [0.5, 0.6) is 0 Å². The Kier molecular flexibility index (Phi) is 4.42. The van der Waals surface area contributed by atoms with Crippen LogP contribution in [0, 0.1) is 5.92 Å². The Balaban J connectivity index is 4.50. The summed E-state index contributed by atoms with van der Waals surface area (Å²) in [7, 11) is 0. The Bertz CT molecular complexity index is 186. The van der Waals surface area contributed by atoms with Gasteiger partial charge in [0.15, 0.2) is 0 Å². The average Bonchev–Trinajstić information content (AvgIpc) is 1.87. The molecule has 0 rings (SSSR count). The smallest absolute Gasteiger partial charge is 0.118 e. The molecule has 0 aliphatic heterocycles. The van der Waals surface area contributed by atoms with Gasteiger partial charge in [-0.3, -0.25) is 4.99 Å². The van der Waals surface area contributed by atoms with Crippen LogP contribution in [0.25, 0.3) is 0 Å². The van der Waals surface area contributed by atoms with Crippen molar-refractivity contribution in [2.75, 3.05) is 0 Å². The predicted octanol–water partition coefficient (Wildman–Crippen LogP) is 3.10. The second kappa shape index (κ2) is 4.83. The first kappa shape index (κ1) is 10.1. The highest BCUT2D eigenvalue weighted by Crippen LogP contribution is 2.16. The van der Waals surface area contributed by atoms with Crippen molar-refractivity contribution in [3.8, 4) is 0 Å². The fraction of sp³-hybridized carbons (Fsp3) is 0.444. The van der Waals surface area contributed by atoms with E-state index in [9.17, 15) is 4.39 Å². The van der Waals surface area contributed by atoms with E-state index in [1.807, 2.05) is 13.8 Å². The van der Waals surface area contributed by atoms with E-state index in [1.165, 1.54) is 19.2 Å². The molecule has 11 heavy (non-hydrogen) atoms. The van der Waals surface area contributed by atoms with Crippen molar-refractivity contribution in [2.24, 2.45) is 10.9 Å². The van der Waals surface area contributed by atoms with Gasteiger partial charge in [-0.05, 0) is 12.8 Å². The molecule has 0 aliphatic rings. The number of nitrogens with zero attached hydrogens (tertiary/aromatic N) is 1. The third-order valence-electron chi connectivity index (χ3n) is 1.22. The maximum absolute atomic E-state index is 12.7. The van der Waals surface area contributed by atoms with Crippen molar-refractivity contribution >= 4 is 6.21 Å². The minimum absolute atomic E-state index is 0.121. The number of rotatable bonds is 3. The lowest BCUT2D eigenvalue weighted by Gasteiger charge is -2.04. The molecule has 0 aromatic heterocycles. The molecule has 0 saturated carbocycles. The van der Waals surface area contributed by atoms with Gasteiger partial charge in [-0.15, -0.1) is 0 Å². The standard InChI is InChI=1S/C9H14FN/c1-5-6-11-9(7(2)3)8(4)10/h5-7H,1H2,2-4H3. The number of halogens is 1. The van der Waals surface area contributed by atoms with Gasteiger partial charge in [0, 0.05) is 6.21 Å². The number of hydrogen-bond donors (Lipinski definition) is 0. The largest absolute Gasteiger partial charge is 0.258 e. The van der Waals surface area contributed by atoms with E-state index < -0.39 is 0 Å². The summed E-state index contributed by atoms with van der Waals surface area (Å²) < 4.78 is 12.7. The van der Waals surface area contributed by atoms with E-state index in [1.54, 1.807) is 0 Å². The van der Waals surface area contributed by atoms with E-state index in [4.69, 9.17) is 0 Å². The van der Waals surface area contributed by atoms with Crippen LogP contribution >= 0.6 is 0 Å². The van der Waals surface area contributed by atoms with Crippen molar-refractivity contribution in [3.05, 3.63) is 24.2 Å².